The highest BCUT2D eigenvalue weighted by molar-refractivity contribution is 7.98. The van der Waals surface area contributed by atoms with Crippen molar-refractivity contribution >= 4 is 52.3 Å². The van der Waals surface area contributed by atoms with E-state index in [-0.39, 0.29) is 12.8 Å². The van der Waals surface area contributed by atoms with Gasteiger partial charge in [-0.3, -0.25) is 19.2 Å². The maximum Gasteiger partial charge on any atom is 0.326 e. The van der Waals surface area contributed by atoms with Crippen molar-refractivity contribution in [2.75, 3.05) is 12.0 Å². The zero-order valence-electron chi connectivity index (χ0n) is 21.5. The largest absolute Gasteiger partial charge is 0.481 e. The summed E-state index contributed by atoms with van der Waals surface area (Å²) in [6.07, 6.45) is 3.15. The van der Waals surface area contributed by atoms with Gasteiger partial charge in [-0.1, -0.05) is 32.0 Å². The predicted molar refractivity (Wildman–Crippen MR) is 143 cm³/mol. The van der Waals surface area contributed by atoms with E-state index in [9.17, 15) is 29.1 Å². The standard InChI is InChI=1S/C25H35N5O7S/c1-13(2)21(30-23(34)18(8-9-38-3)28-22(33)16(26)11-20(31)32)24(35)29-19(25(36)37)10-14-12-27-17-7-5-4-6-15(14)17/h4-7,12-13,16,18-19,21,27H,8-11,26H2,1-3H3,(H,28,33)(H,29,35)(H,30,34)(H,31,32)(H,36,37). The summed E-state index contributed by atoms with van der Waals surface area (Å²) >= 11 is 1.44. The third-order valence-corrected chi connectivity index (χ3v) is 6.58. The van der Waals surface area contributed by atoms with E-state index < -0.39 is 66.2 Å². The van der Waals surface area contributed by atoms with Crippen molar-refractivity contribution in [3.63, 3.8) is 0 Å². The monoisotopic (exact) mass is 549 g/mol. The number of thioether (sulfide) groups is 1. The SMILES string of the molecule is CSCCC(NC(=O)C(N)CC(=O)O)C(=O)NC(C(=O)NC(Cc1c[nH]c2ccccc12)C(=O)O)C(C)C. The van der Waals surface area contributed by atoms with Crippen LogP contribution in [0.3, 0.4) is 0 Å². The molecule has 0 fully saturated rings. The molecule has 2 rings (SSSR count). The Hall–Kier alpha value is -3.58. The van der Waals surface area contributed by atoms with E-state index in [1.54, 1.807) is 20.0 Å². The van der Waals surface area contributed by atoms with Crippen LogP contribution < -0.4 is 21.7 Å². The minimum atomic E-state index is -1.35. The van der Waals surface area contributed by atoms with Gasteiger partial charge in [0.25, 0.3) is 0 Å². The number of hydrogen-bond acceptors (Lipinski definition) is 7. The van der Waals surface area contributed by atoms with Crippen LogP contribution >= 0.6 is 11.8 Å². The molecule has 4 atom stereocenters. The fourth-order valence-electron chi connectivity index (χ4n) is 3.83. The number of H-pyrrole nitrogens is 1. The molecule has 0 aliphatic heterocycles. The number of carbonyl (C=O) groups excluding carboxylic acids is 3. The molecule has 0 spiro atoms. The topological polar surface area (TPSA) is 204 Å². The summed E-state index contributed by atoms with van der Waals surface area (Å²) in [6, 6.07) is 2.65. The lowest BCUT2D eigenvalue weighted by Crippen LogP contribution is -2.58. The second kappa shape index (κ2) is 14.4. The van der Waals surface area contributed by atoms with Crippen LogP contribution in [0.4, 0.5) is 0 Å². The van der Waals surface area contributed by atoms with Crippen LogP contribution in [0, 0.1) is 5.92 Å². The highest BCUT2D eigenvalue weighted by Crippen LogP contribution is 2.19. The van der Waals surface area contributed by atoms with Crippen molar-refractivity contribution in [3.8, 4) is 0 Å². The van der Waals surface area contributed by atoms with Crippen molar-refractivity contribution in [1.29, 1.82) is 0 Å². The highest BCUT2D eigenvalue weighted by atomic mass is 32.2. The van der Waals surface area contributed by atoms with E-state index >= 15 is 0 Å². The van der Waals surface area contributed by atoms with Crippen LogP contribution in [-0.2, 0) is 30.4 Å². The fraction of sp³-hybridized carbons (Fsp3) is 0.480. The van der Waals surface area contributed by atoms with Crippen molar-refractivity contribution in [1.82, 2.24) is 20.9 Å². The van der Waals surface area contributed by atoms with Crippen molar-refractivity contribution in [3.05, 3.63) is 36.0 Å². The maximum absolute atomic E-state index is 13.1. The number of hydrogen-bond donors (Lipinski definition) is 7. The molecule has 2 aromatic rings. The van der Waals surface area contributed by atoms with Gasteiger partial charge in [0.1, 0.15) is 18.1 Å². The number of aromatic nitrogens is 1. The second-order valence-corrected chi connectivity index (χ2v) is 10.2. The quantitative estimate of drug-likeness (QED) is 0.165. The van der Waals surface area contributed by atoms with Crippen LogP contribution in [0.25, 0.3) is 10.9 Å². The molecule has 1 aromatic carbocycles. The number of nitrogens with two attached hydrogens (primary N) is 1. The Labute approximate surface area is 224 Å². The first-order valence-electron chi connectivity index (χ1n) is 12.1. The number of carboxylic acid groups (broad SMARTS) is 2. The number of carbonyl (C=O) groups is 5. The van der Waals surface area contributed by atoms with Crippen LogP contribution in [0.2, 0.25) is 0 Å². The first kappa shape index (κ1) is 30.6. The lowest BCUT2D eigenvalue weighted by atomic mass is 10.0. The molecule has 38 heavy (non-hydrogen) atoms. The molecule has 1 aromatic heterocycles. The number of aromatic amines is 1. The number of para-hydroxylation sites is 1. The number of fused-ring (bicyclic) bond motifs is 1. The van der Waals surface area contributed by atoms with Gasteiger partial charge in [0.2, 0.25) is 17.7 Å². The third kappa shape index (κ3) is 8.77. The molecular weight excluding hydrogens is 514 g/mol. The molecule has 4 unspecified atom stereocenters. The lowest BCUT2D eigenvalue weighted by molar-refractivity contribution is -0.142. The van der Waals surface area contributed by atoms with Gasteiger partial charge in [-0.2, -0.15) is 11.8 Å². The molecule has 3 amide bonds. The van der Waals surface area contributed by atoms with Crippen LogP contribution in [0.5, 0.6) is 0 Å². The fourth-order valence-corrected chi connectivity index (χ4v) is 4.31. The number of aliphatic carboxylic acids is 2. The molecule has 0 aliphatic carbocycles. The summed E-state index contributed by atoms with van der Waals surface area (Å²) in [5.74, 6) is -4.54. The Morgan fingerprint density at radius 1 is 0.974 bits per heavy atom. The summed E-state index contributed by atoms with van der Waals surface area (Å²) in [5, 5.41) is 27.1. The zero-order valence-corrected chi connectivity index (χ0v) is 22.3. The van der Waals surface area contributed by atoms with Gasteiger partial charge >= 0.3 is 11.9 Å². The maximum atomic E-state index is 13.1. The Balaban J connectivity index is 2.14. The highest BCUT2D eigenvalue weighted by Gasteiger charge is 2.32. The molecule has 208 valence electrons. The van der Waals surface area contributed by atoms with E-state index in [0.717, 1.165) is 16.5 Å². The van der Waals surface area contributed by atoms with E-state index in [1.165, 1.54) is 11.8 Å². The van der Waals surface area contributed by atoms with Gasteiger partial charge < -0.3 is 36.9 Å². The number of benzene rings is 1. The minimum Gasteiger partial charge on any atom is -0.481 e. The summed E-state index contributed by atoms with van der Waals surface area (Å²) in [4.78, 5) is 64.5. The average Bonchev–Trinajstić information content (AvgIpc) is 3.26. The first-order valence-corrected chi connectivity index (χ1v) is 13.5. The number of carboxylic acids is 2. The summed E-state index contributed by atoms with van der Waals surface area (Å²) in [5.41, 5.74) is 7.17. The Bertz CT molecular complexity index is 1150. The molecule has 13 heteroatoms. The van der Waals surface area contributed by atoms with Crippen molar-refractivity contribution in [2.45, 2.75) is 57.3 Å². The lowest BCUT2D eigenvalue weighted by Gasteiger charge is -2.27. The van der Waals surface area contributed by atoms with Gasteiger partial charge in [0, 0.05) is 23.5 Å². The Morgan fingerprint density at radius 3 is 2.24 bits per heavy atom. The summed E-state index contributed by atoms with van der Waals surface area (Å²) in [7, 11) is 0. The average molecular weight is 550 g/mol. The number of nitrogens with one attached hydrogen (secondary N) is 4. The first-order chi connectivity index (χ1) is 17.9. The van der Waals surface area contributed by atoms with Crippen LogP contribution in [0.15, 0.2) is 30.5 Å². The van der Waals surface area contributed by atoms with E-state index in [1.807, 2.05) is 30.5 Å². The molecule has 12 nitrogen and oxygen atoms in total. The van der Waals surface area contributed by atoms with E-state index in [0.29, 0.717) is 5.75 Å². The zero-order chi connectivity index (χ0) is 28.4. The molecule has 1 heterocycles. The number of rotatable bonds is 15. The molecule has 0 saturated heterocycles. The third-order valence-electron chi connectivity index (χ3n) is 5.94. The van der Waals surface area contributed by atoms with Crippen LogP contribution in [0.1, 0.15) is 32.3 Å². The molecule has 0 bridgehead atoms. The Kier molecular flexibility index (Phi) is 11.6. The van der Waals surface area contributed by atoms with E-state index in [2.05, 4.69) is 20.9 Å². The summed E-state index contributed by atoms with van der Waals surface area (Å²) < 4.78 is 0. The van der Waals surface area contributed by atoms with Crippen molar-refractivity contribution < 1.29 is 34.2 Å². The molecule has 8 N–H and O–H groups in total. The predicted octanol–water partition coefficient (Wildman–Crippen LogP) is 0.461. The van der Waals surface area contributed by atoms with Gasteiger partial charge in [0.05, 0.1) is 12.5 Å². The summed E-state index contributed by atoms with van der Waals surface area (Å²) in [6.45, 7) is 3.39. The molecule has 0 radical (unpaired) electrons. The van der Waals surface area contributed by atoms with Gasteiger partial charge in [-0.25, -0.2) is 4.79 Å². The number of amides is 3. The smallest absolute Gasteiger partial charge is 0.326 e. The van der Waals surface area contributed by atoms with Gasteiger partial charge in [-0.05, 0) is 36.0 Å². The Morgan fingerprint density at radius 2 is 1.63 bits per heavy atom. The van der Waals surface area contributed by atoms with Crippen molar-refractivity contribution in [2.24, 2.45) is 11.7 Å². The minimum absolute atomic E-state index is 0.0255. The molecule has 0 saturated carbocycles. The van der Waals surface area contributed by atoms with Gasteiger partial charge in [-0.15, -0.1) is 0 Å². The van der Waals surface area contributed by atoms with Crippen LogP contribution in [-0.4, -0.2) is 81.0 Å². The van der Waals surface area contributed by atoms with E-state index in [4.69, 9.17) is 10.8 Å². The van der Waals surface area contributed by atoms with Gasteiger partial charge in [0.15, 0.2) is 0 Å². The second-order valence-electron chi connectivity index (χ2n) is 9.24. The molecule has 0 aliphatic rings. The molecular formula is C25H35N5O7S. The normalized spacial score (nSPS) is 14.3.